The van der Waals surface area contributed by atoms with Crippen LogP contribution >= 0.6 is 0 Å². The summed E-state index contributed by atoms with van der Waals surface area (Å²) in [5.41, 5.74) is 2.11. The standard InChI is InChI=1S/C21H25NO6S/c1-3-16-5-9-18(10-6-16)22-20(23)15-29(25,26)14-4-13-28-19-11-7-17(8-12-19)21(24)27-2/h5-12H,3-4,13-15H2,1-2H3,(H,22,23). The van der Waals surface area contributed by atoms with Gasteiger partial charge in [0.15, 0.2) is 9.84 Å². The summed E-state index contributed by atoms with van der Waals surface area (Å²) in [6.45, 7) is 2.21. The number of anilines is 1. The summed E-state index contributed by atoms with van der Waals surface area (Å²) >= 11 is 0. The average molecular weight is 419 g/mol. The molecule has 0 aliphatic rings. The number of aryl methyl sites for hydroxylation is 1. The Bertz CT molecular complexity index is 921. The number of methoxy groups -OCH3 is 1. The second-order valence-electron chi connectivity index (χ2n) is 6.41. The van der Waals surface area contributed by atoms with Gasteiger partial charge in [0, 0.05) is 5.69 Å². The number of hydrogen-bond donors (Lipinski definition) is 1. The molecule has 0 radical (unpaired) electrons. The molecule has 2 rings (SSSR count). The number of sulfone groups is 1. The van der Waals surface area contributed by atoms with Crippen molar-refractivity contribution in [2.45, 2.75) is 19.8 Å². The Labute approximate surface area is 170 Å². The SMILES string of the molecule is CCc1ccc(NC(=O)CS(=O)(=O)CCCOc2ccc(C(=O)OC)cc2)cc1. The van der Waals surface area contributed by atoms with E-state index in [1.54, 1.807) is 36.4 Å². The Morgan fingerprint density at radius 3 is 2.24 bits per heavy atom. The van der Waals surface area contributed by atoms with Crippen molar-refractivity contribution in [2.24, 2.45) is 0 Å². The highest BCUT2D eigenvalue weighted by Crippen LogP contribution is 2.13. The van der Waals surface area contributed by atoms with E-state index in [1.807, 2.05) is 19.1 Å². The first kappa shape index (κ1) is 22.4. The minimum absolute atomic E-state index is 0.157. The number of hydrogen-bond acceptors (Lipinski definition) is 6. The largest absolute Gasteiger partial charge is 0.494 e. The summed E-state index contributed by atoms with van der Waals surface area (Å²) in [4.78, 5) is 23.4. The van der Waals surface area contributed by atoms with E-state index in [2.05, 4.69) is 10.1 Å². The molecular weight excluding hydrogens is 394 g/mol. The van der Waals surface area contributed by atoms with Gasteiger partial charge in [-0.1, -0.05) is 19.1 Å². The van der Waals surface area contributed by atoms with Crippen molar-refractivity contribution in [3.05, 3.63) is 59.7 Å². The van der Waals surface area contributed by atoms with Crippen molar-refractivity contribution in [1.29, 1.82) is 0 Å². The molecule has 2 aromatic rings. The van der Waals surface area contributed by atoms with Gasteiger partial charge < -0.3 is 14.8 Å². The molecule has 0 aromatic heterocycles. The lowest BCUT2D eigenvalue weighted by Gasteiger charge is -2.09. The van der Waals surface area contributed by atoms with Gasteiger partial charge in [0.1, 0.15) is 11.5 Å². The van der Waals surface area contributed by atoms with Gasteiger partial charge in [-0.15, -0.1) is 0 Å². The first-order valence-electron chi connectivity index (χ1n) is 9.23. The smallest absolute Gasteiger partial charge is 0.337 e. The second kappa shape index (κ2) is 10.6. The molecule has 0 atom stereocenters. The van der Waals surface area contributed by atoms with Crippen molar-refractivity contribution in [3.63, 3.8) is 0 Å². The Morgan fingerprint density at radius 1 is 1.00 bits per heavy atom. The summed E-state index contributed by atoms with van der Waals surface area (Å²) in [7, 11) is -2.24. The first-order chi connectivity index (χ1) is 13.8. The van der Waals surface area contributed by atoms with E-state index in [4.69, 9.17) is 4.74 Å². The van der Waals surface area contributed by atoms with Crippen LogP contribution in [-0.4, -0.2) is 45.5 Å². The molecule has 0 unspecified atom stereocenters. The number of benzene rings is 2. The maximum atomic E-state index is 12.1. The number of rotatable bonds is 10. The lowest BCUT2D eigenvalue weighted by Crippen LogP contribution is -2.25. The predicted molar refractivity (Wildman–Crippen MR) is 111 cm³/mol. The third-order valence-electron chi connectivity index (χ3n) is 4.14. The van der Waals surface area contributed by atoms with Gasteiger partial charge in [-0.25, -0.2) is 13.2 Å². The molecule has 156 valence electrons. The summed E-state index contributed by atoms with van der Waals surface area (Å²) in [6, 6.07) is 13.6. The van der Waals surface area contributed by atoms with Crippen molar-refractivity contribution >= 4 is 27.4 Å². The van der Waals surface area contributed by atoms with Crippen LogP contribution in [0.4, 0.5) is 5.69 Å². The number of ether oxygens (including phenoxy) is 2. The summed E-state index contributed by atoms with van der Waals surface area (Å²) in [5.74, 6) is -1.22. The first-order valence-corrected chi connectivity index (χ1v) is 11.1. The van der Waals surface area contributed by atoms with E-state index in [-0.39, 0.29) is 18.8 Å². The molecule has 0 spiro atoms. The predicted octanol–water partition coefficient (Wildman–Crippen LogP) is 2.86. The second-order valence-corrected chi connectivity index (χ2v) is 8.59. The zero-order chi connectivity index (χ0) is 21.3. The van der Waals surface area contributed by atoms with Crippen LogP contribution in [-0.2, 0) is 25.8 Å². The van der Waals surface area contributed by atoms with Crippen LogP contribution in [0.25, 0.3) is 0 Å². The fraction of sp³-hybridized carbons (Fsp3) is 0.333. The molecule has 7 nitrogen and oxygen atoms in total. The van der Waals surface area contributed by atoms with Crippen LogP contribution in [0, 0.1) is 0 Å². The molecule has 0 heterocycles. The molecule has 29 heavy (non-hydrogen) atoms. The van der Waals surface area contributed by atoms with E-state index in [0.29, 0.717) is 17.0 Å². The van der Waals surface area contributed by atoms with Crippen LogP contribution in [0.15, 0.2) is 48.5 Å². The lowest BCUT2D eigenvalue weighted by molar-refractivity contribution is -0.113. The topological polar surface area (TPSA) is 98.8 Å². The third kappa shape index (κ3) is 7.57. The molecule has 2 aromatic carbocycles. The number of nitrogens with one attached hydrogen (secondary N) is 1. The molecule has 0 saturated heterocycles. The van der Waals surface area contributed by atoms with Crippen LogP contribution in [0.2, 0.25) is 0 Å². The number of carbonyl (C=O) groups excluding carboxylic acids is 2. The van der Waals surface area contributed by atoms with E-state index in [9.17, 15) is 18.0 Å². The van der Waals surface area contributed by atoms with Gasteiger partial charge in [-0.3, -0.25) is 4.79 Å². The molecular formula is C21H25NO6S. The Hall–Kier alpha value is -2.87. The van der Waals surface area contributed by atoms with E-state index >= 15 is 0 Å². The third-order valence-corrected chi connectivity index (χ3v) is 5.75. The van der Waals surface area contributed by atoms with Crippen molar-refractivity contribution < 1.29 is 27.5 Å². The molecule has 0 saturated carbocycles. The summed E-state index contributed by atoms with van der Waals surface area (Å²) < 4.78 is 34.3. The van der Waals surface area contributed by atoms with Crippen LogP contribution in [0.5, 0.6) is 5.75 Å². The maximum absolute atomic E-state index is 12.1. The van der Waals surface area contributed by atoms with Crippen molar-refractivity contribution in [3.8, 4) is 5.75 Å². The highest BCUT2D eigenvalue weighted by atomic mass is 32.2. The van der Waals surface area contributed by atoms with E-state index < -0.39 is 27.5 Å². The van der Waals surface area contributed by atoms with E-state index in [1.165, 1.54) is 7.11 Å². The quantitative estimate of drug-likeness (QED) is 0.470. The summed E-state index contributed by atoms with van der Waals surface area (Å²) in [5, 5.41) is 2.60. The van der Waals surface area contributed by atoms with Crippen molar-refractivity contribution in [2.75, 3.05) is 30.5 Å². The maximum Gasteiger partial charge on any atom is 0.337 e. The highest BCUT2D eigenvalue weighted by molar-refractivity contribution is 7.92. The lowest BCUT2D eigenvalue weighted by atomic mass is 10.1. The number of esters is 1. The molecule has 0 aliphatic carbocycles. The van der Waals surface area contributed by atoms with Crippen LogP contribution in [0.3, 0.4) is 0 Å². The van der Waals surface area contributed by atoms with Gasteiger partial charge in [0.05, 0.1) is 25.0 Å². The van der Waals surface area contributed by atoms with Gasteiger partial charge in [-0.05, 0) is 54.8 Å². The minimum Gasteiger partial charge on any atom is -0.494 e. The van der Waals surface area contributed by atoms with Gasteiger partial charge in [0.25, 0.3) is 0 Å². The van der Waals surface area contributed by atoms with Crippen LogP contribution in [0.1, 0.15) is 29.3 Å². The van der Waals surface area contributed by atoms with Gasteiger partial charge in [0.2, 0.25) is 5.91 Å². The average Bonchev–Trinajstić information content (AvgIpc) is 2.71. The zero-order valence-corrected chi connectivity index (χ0v) is 17.3. The molecule has 8 heteroatoms. The fourth-order valence-corrected chi connectivity index (χ4v) is 3.74. The van der Waals surface area contributed by atoms with Gasteiger partial charge >= 0.3 is 5.97 Å². The molecule has 1 amide bonds. The van der Waals surface area contributed by atoms with E-state index in [0.717, 1.165) is 12.0 Å². The Balaban J connectivity index is 1.74. The normalized spacial score (nSPS) is 11.0. The molecule has 0 aliphatic heterocycles. The van der Waals surface area contributed by atoms with Crippen molar-refractivity contribution in [1.82, 2.24) is 0 Å². The number of amides is 1. The van der Waals surface area contributed by atoms with Crippen LogP contribution < -0.4 is 10.1 Å². The van der Waals surface area contributed by atoms with Gasteiger partial charge in [-0.2, -0.15) is 0 Å². The Morgan fingerprint density at radius 2 is 1.66 bits per heavy atom. The fourth-order valence-electron chi connectivity index (χ4n) is 2.57. The number of carbonyl (C=O) groups is 2. The summed E-state index contributed by atoms with van der Waals surface area (Å²) in [6.07, 6.45) is 1.14. The zero-order valence-electron chi connectivity index (χ0n) is 16.5. The molecule has 0 fully saturated rings. The molecule has 0 bridgehead atoms. The monoisotopic (exact) mass is 419 g/mol. The highest BCUT2D eigenvalue weighted by Gasteiger charge is 2.17. The minimum atomic E-state index is -3.54. The Kier molecular flexibility index (Phi) is 8.21. The molecule has 1 N–H and O–H groups in total.